The smallest absolute Gasteiger partial charge is 0.332 e. The lowest BCUT2D eigenvalue weighted by Gasteiger charge is -2.39. The van der Waals surface area contributed by atoms with Gasteiger partial charge in [0.25, 0.3) is 5.91 Å². The molecule has 240 valence electrons. The molecule has 2 fully saturated rings. The van der Waals surface area contributed by atoms with Crippen LogP contribution in [0.25, 0.3) is 0 Å². The Hall–Kier alpha value is -4.22. The Morgan fingerprint density at radius 2 is 1.66 bits per heavy atom. The first-order valence-corrected chi connectivity index (χ1v) is 15.1. The maximum atomic E-state index is 13.9. The van der Waals surface area contributed by atoms with Crippen molar-refractivity contribution in [1.29, 1.82) is 0 Å². The van der Waals surface area contributed by atoms with Crippen molar-refractivity contribution in [3.63, 3.8) is 0 Å². The molecule has 1 aromatic carbocycles. The molecule has 5 N–H and O–H groups in total. The lowest BCUT2D eigenvalue weighted by atomic mass is 9.81. The fraction of sp³-hybridized carbons (Fsp3) is 0.562. The fourth-order valence-electron chi connectivity index (χ4n) is 5.75. The standard InChI is InChI=1S/C32H45N5O7/c1-6-23(21-14-9-7-10-15-21)44-29(42)32(17-11-8-12-18-32)36-30(43)35-25(31(3,4)5)28(41)37-19-13-16-22(37)27(40)34-20(2)24(38)26(33)39/h6-7,9-10,14-15,20,22-23,25H,1,8,11-13,16-19H2,2-5H3,(H2,33,39)(H,34,40)(H2,35,36,43). The number of hydrogen-bond donors (Lipinski definition) is 4. The van der Waals surface area contributed by atoms with Gasteiger partial charge in [-0.1, -0.05) is 76.9 Å². The maximum Gasteiger partial charge on any atom is 0.332 e. The Labute approximate surface area is 258 Å². The van der Waals surface area contributed by atoms with E-state index in [4.69, 9.17) is 10.5 Å². The summed E-state index contributed by atoms with van der Waals surface area (Å²) in [4.78, 5) is 78.6. The van der Waals surface area contributed by atoms with Gasteiger partial charge in [-0.2, -0.15) is 0 Å². The number of rotatable bonds is 11. The largest absolute Gasteiger partial charge is 0.451 e. The van der Waals surface area contributed by atoms with E-state index in [1.165, 1.54) is 17.9 Å². The summed E-state index contributed by atoms with van der Waals surface area (Å²) in [5, 5.41) is 8.10. The number of likely N-dealkylation sites (tertiary alicyclic amines) is 1. The number of primary amides is 1. The summed E-state index contributed by atoms with van der Waals surface area (Å²) in [6, 6.07) is 5.39. The van der Waals surface area contributed by atoms with Crippen LogP contribution in [-0.2, 0) is 28.7 Å². The second-order valence-corrected chi connectivity index (χ2v) is 12.7. The van der Waals surface area contributed by atoms with E-state index in [0.29, 0.717) is 38.5 Å². The molecule has 0 radical (unpaired) electrons. The average Bonchev–Trinajstić information content (AvgIpc) is 3.48. The molecule has 1 aromatic rings. The first-order valence-electron chi connectivity index (χ1n) is 15.1. The SMILES string of the molecule is C=CC(OC(=O)C1(NC(=O)NC(C(=O)N2CCCC2C(=O)NC(C)C(=O)C(N)=O)C(C)(C)C)CCCCC1)c1ccccc1. The number of amides is 5. The summed E-state index contributed by atoms with van der Waals surface area (Å²) in [6.07, 6.45) is 4.80. The van der Waals surface area contributed by atoms with E-state index in [-0.39, 0.29) is 6.54 Å². The van der Waals surface area contributed by atoms with Gasteiger partial charge in [0, 0.05) is 6.54 Å². The molecule has 0 aromatic heterocycles. The number of carbonyl (C=O) groups excluding carboxylic acids is 6. The number of nitrogens with two attached hydrogens (primary N) is 1. The van der Waals surface area contributed by atoms with Crippen LogP contribution in [0.15, 0.2) is 43.0 Å². The summed E-state index contributed by atoms with van der Waals surface area (Å²) in [5.74, 6) is -3.75. The molecule has 1 saturated heterocycles. The molecule has 0 bridgehead atoms. The zero-order valence-corrected chi connectivity index (χ0v) is 26.0. The van der Waals surface area contributed by atoms with Crippen LogP contribution in [0.4, 0.5) is 4.79 Å². The molecule has 1 saturated carbocycles. The molecule has 0 spiro atoms. The highest BCUT2D eigenvalue weighted by molar-refractivity contribution is 6.37. The van der Waals surface area contributed by atoms with Crippen molar-refractivity contribution >= 4 is 35.5 Å². The van der Waals surface area contributed by atoms with E-state index in [1.54, 1.807) is 20.8 Å². The number of benzene rings is 1. The van der Waals surface area contributed by atoms with Crippen molar-refractivity contribution in [2.24, 2.45) is 11.1 Å². The van der Waals surface area contributed by atoms with E-state index >= 15 is 0 Å². The summed E-state index contributed by atoms with van der Waals surface area (Å²) >= 11 is 0. The third-order valence-electron chi connectivity index (χ3n) is 8.25. The summed E-state index contributed by atoms with van der Waals surface area (Å²) in [7, 11) is 0. The topological polar surface area (TPSA) is 177 Å². The van der Waals surface area contributed by atoms with Gasteiger partial charge < -0.3 is 31.3 Å². The monoisotopic (exact) mass is 611 g/mol. The number of nitrogens with one attached hydrogen (secondary N) is 3. The van der Waals surface area contributed by atoms with Gasteiger partial charge in [0.05, 0.1) is 6.04 Å². The molecule has 1 aliphatic heterocycles. The van der Waals surface area contributed by atoms with Crippen LogP contribution in [0.5, 0.6) is 0 Å². The Kier molecular flexibility index (Phi) is 11.3. The minimum Gasteiger partial charge on any atom is -0.451 e. The number of urea groups is 1. The number of ketones is 1. The molecule has 1 heterocycles. The zero-order valence-electron chi connectivity index (χ0n) is 26.0. The number of hydrogen-bond acceptors (Lipinski definition) is 7. The van der Waals surface area contributed by atoms with Gasteiger partial charge in [0.2, 0.25) is 17.6 Å². The maximum absolute atomic E-state index is 13.9. The first-order chi connectivity index (χ1) is 20.7. The Balaban J connectivity index is 1.76. The van der Waals surface area contributed by atoms with Gasteiger partial charge in [-0.15, -0.1) is 0 Å². The summed E-state index contributed by atoms with van der Waals surface area (Å²) < 4.78 is 5.86. The van der Waals surface area contributed by atoms with Gasteiger partial charge in [-0.05, 0) is 49.7 Å². The van der Waals surface area contributed by atoms with Crippen LogP contribution >= 0.6 is 0 Å². The molecule has 2 aliphatic rings. The normalized spacial score (nSPS) is 19.9. The van der Waals surface area contributed by atoms with Crippen molar-refractivity contribution in [3.8, 4) is 0 Å². The second-order valence-electron chi connectivity index (χ2n) is 12.7. The van der Waals surface area contributed by atoms with E-state index in [9.17, 15) is 28.8 Å². The molecule has 4 unspecified atom stereocenters. The average molecular weight is 612 g/mol. The minimum absolute atomic E-state index is 0.267. The highest BCUT2D eigenvalue weighted by Crippen LogP contribution is 2.32. The molecular weight excluding hydrogens is 566 g/mol. The quantitative estimate of drug-likeness (QED) is 0.169. The van der Waals surface area contributed by atoms with Crippen molar-refractivity contribution in [2.45, 2.75) is 102 Å². The highest BCUT2D eigenvalue weighted by atomic mass is 16.5. The minimum atomic E-state index is -1.29. The Bertz CT molecular complexity index is 1250. The van der Waals surface area contributed by atoms with Crippen LogP contribution in [0.2, 0.25) is 0 Å². The number of nitrogens with zero attached hydrogens (tertiary/aromatic N) is 1. The van der Waals surface area contributed by atoms with Crippen LogP contribution < -0.4 is 21.7 Å². The van der Waals surface area contributed by atoms with E-state index in [2.05, 4.69) is 22.5 Å². The molecule has 4 atom stereocenters. The second kappa shape index (κ2) is 14.5. The van der Waals surface area contributed by atoms with Crippen molar-refractivity contribution in [3.05, 3.63) is 48.6 Å². The summed E-state index contributed by atoms with van der Waals surface area (Å²) in [6.45, 7) is 10.8. The van der Waals surface area contributed by atoms with Crippen molar-refractivity contribution < 1.29 is 33.5 Å². The van der Waals surface area contributed by atoms with Gasteiger partial charge in [0.1, 0.15) is 23.7 Å². The van der Waals surface area contributed by atoms with Gasteiger partial charge in [0.15, 0.2) is 0 Å². The van der Waals surface area contributed by atoms with Crippen molar-refractivity contribution in [2.75, 3.05) is 6.54 Å². The fourth-order valence-corrected chi connectivity index (χ4v) is 5.75. The molecular formula is C32H45N5O7. The van der Waals surface area contributed by atoms with Gasteiger partial charge in [-0.3, -0.25) is 19.2 Å². The molecule has 3 rings (SSSR count). The van der Waals surface area contributed by atoms with E-state index in [1.807, 2.05) is 30.3 Å². The number of ether oxygens (including phenoxy) is 1. The van der Waals surface area contributed by atoms with E-state index in [0.717, 1.165) is 12.0 Å². The molecule has 44 heavy (non-hydrogen) atoms. The van der Waals surface area contributed by atoms with Gasteiger partial charge in [-0.25, -0.2) is 9.59 Å². The van der Waals surface area contributed by atoms with Crippen LogP contribution in [0, 0.1) is 5.41 Å². The third kappa shape index (κ3) is 8.23. The molecule has 5 amide bonds. The Morgan fingerprint density at radius 1 is 1.02 bits per heavy atom. The number of carbonyl (C=O) groups is 6. The lowest BCUT2D eigenvalue weighted by molar-refractivity contribution is -0.156. The first kappa shape index (κ1) is 34.3. The number of esters is 1. The molecule has 12 heteroatoms. The highest BCUT2D eigenvalue weighted by Gasteiger charge is 2.46. The third-order valence-corrected chi connectivity index (χ3v) is 8.25. The van der Waals surface area contributed by atoms with Crippen molar-refractivity contribution in [1.82, 2.24) is 20.9 Å². The van der Waals surface area contributed by atoms with Crippen LogP contribution in [-0.4, -0.2) is 70.6 Å². The predicted molar refractivity (Wildman–Crippen MR) is 163 cm³/mol. The predicted octanol–water partition coefficient (Wildman–Crippen LogP) is 2.42. The zero-order chi connectivity index (χ0) is 32.7. The van der Waals surface area contributed by atoms with E-state index < -0.39 is 70.7 Å². The van der Waals surface area contributed by atoms with Crippen LogP contribution in [0.3, 0.4) is 0 Å². The Morgan fingerprint density at radius 3 is 2.23 bits per heavy atom. The van der Waals surface area contributed by atoms with Crippen LogP contribution in [0.1, 0.15) is 84.3 Å². The summed E-state index contributed by atoms with van der Waals surface area (Å²) in [5.41, 5.74) is 3.74. The lowest BCUT2D eigenvalue weighted by Crippen LogP contribution is -2.64. The number of Topliss-reactive ketones (excluding diaryl/α,β-unsaturated/α-hetero) is 1. The van der Waals surface area contributed by atoms with Gasteiger partial charge >= 0.3 is 12.0 Å². The molecule has 1 aliphatic carbocycles. The molecule has 12 nitrogen and oxygen atoms in total.